The average Bonchev–Trinajstić information content (AvgIpc) is 3.09. The molecular weight excluding hydrogens is 386 g/mol. The maximum absolute atomic E-state index is 12.4. The lowest BCUT2D eigenvalue weighted by Gasteiger charge is -2.10. The highest BCUT2D eigenvalue weighted by Gasteiger charge is 2.15. The number of ether oxygens (including phenoxy) is 2. The van der Waals surface area contributed by atoms with Crippen LogP contribution in [-0.2, 0) is 5.75 Å². The molecular formula is C17H13ClF2N2O3S. The van der Waals surface area contributed by atoms with E-state index in [9.17, 15) is 8.78 Å². The summed E-state index contributed by atoms with van der Waals surface area (Å²) in [5.41, 5.74) is 0.561. The van der Waals surface area contributed by atoms with Gasteiger partial charge in [0, 0.05) is 15.5 Å². The van der Waals surface area contributed by atoms with Gasteiger partial charge in [0.25, 0.3) is 0 Å². The van der Waals surface area contributed by atoms with Gasteiger partial charge in [-0.2, -0.15) is 13.8 Å². The molecule has 0 aliphatic heterocycles. The predicted octanol–water partition coefficient (Wildman–Crippen LogP) is 5.29. The largest absolute Gasteiger partial charge is 0.493 e. The number of halogens is 3. The van der Waals surface area contributed by atoms with Crippen LogP contribution in [0, 0.1) is 0 Å². The third-order valence-corrected chi connectivity index (χ3v) is 4.48. The number of hydrogen-bond donors (Lipinski definition) is 0. The molecule has 9 heteroatoms. The highest BCUT2D eigenvalue weighted by atomic mass is 35.5. The first-order valence-electron chi connectivity index (χ1n) is 7.39. The minimum atomic E-state index is -2.94. The van der Waals surface area contributed by atoms with Crippen molar-refractivity contribution in [1.29, 1.82) is 0 Å². The van der Waals surface area contributed by atoms with Gasteiger partial charge in [-0.3, -0.25) is 0 Å². The molecule has 0 aliphatic carbocycles. The van der Waals surface area contributed by atoms with E-state index < -0.39 is 6.61 Å². The Labute approximate surface area is 157 Å². The Morgan fingerprint density at radius 2 is 2.04 bits per heavy atom. The van der Waals surface area contributed by atoms with Gasteiger partial charge in [0.15, 0.2) is 11.5 Å². The zero-order valence-electron chi connectivity index (χ0n) is 13.5. The second kappa shape index (κ2) is 8.37. The molecule has 0 atom stereocenters. The van der Waals surface area contributed by atoms with Crippen LogP contribution in [0.3, 0.4) is 0 Å². The topological polar surface area (TPSA) is 57.4 Å². The van der Waals surface area contributed by atoms with Crippen LogP contribution < -0.4 is 9.47 Å². The second-order valence-electron chi connectivity index (χ2n) is 5.00. The number of alkyl halides is 2. The van der Waals surface area contributed by atoms with Crippen molar-refractivity contribution in [2.24, 2.45) is 0 Å². The van der Waals surface area contributed by atoms with Crippen molar-refractivity contribution in [3.05, 3.63) is 53.4 Å². The summed E-state index contributed by atoms with van der Waals surface area (Å²) in [7, 11) is 1.36. The summed E-state index contributed by atoms with van der Waals surface area (Å²) in [6.07, 6.45) is 0. The van der Waals surface area contributed by atoms with Gasteiger partial charge >= 0.3 is 6.61 Å². The summed E-state index contributed by atoms with van der Waals surface area (Å²) in [6.45, 7) is -2.94. The summed E-state index contributed by atoms with van der Waals surface area (Å²) >= 11 is 7.45. The van der Waals surface area contributed by atoms with E-state index in [4.69, 9.17) is 20.9 Å². The van der Waals surface area contributed by atoms with E-state index in [-0.39, 0.29) is 11.5 Å². The van der Waals surface area contributed by atoms with Gasteiger partial charge in [0.1, 0.15) is 0 Å². The fourth-order valence-corrected chi connectivity index (χ4v) is 3.18. The summed E-state index contributed by atoms with van der Waals surface area (Å²) in [4.78, 5) is 5.29. The normalized spacial score (nSPS) is 11.0. The summed E-state index contributed by atoms with van der Waals surface area (Å²) < 4.78 is 39.5. The van der Waals surface area contributed by atoms with E-state index in [0.29, 0.717) is 28.1 Å². The smallest absolute Gasteiger partial charge is 0.387 e. The zero-order chi connectivity index (χ0) is 18.5. The van der Waals surface area contributed by atoms with Gasteiger partial charge in [-0.25, -0.2) is 0 Å². The summed E-state index contributed by atoms with van der Waals surface area (Å²) in [6, 6.07) is 11.9. The van der Waals surface area contributed by atoms with Crippen molar-refractivity contribution in [1.82, 2.24) is 10.1 Å². The lowest BCUT2D eigenvalue weighted by atomic mass is 10.2. The van der Waals surface area contributed by atoms with Crippen LogP contribution in [0.4, 0.5) is 8.78 Å². The Morgan fingerprint density at radius 3 is 2.77 bits per heavy atom. The summed E-state index contributed by atoms with van der Waals surface area (Å²) in [5, 5.41) is 4.56. The van der Waals surface area contributed by atoms with Crippen LogP contribution in [0.2, 0.25) is 5.02 Å². The van der Waals surface area contributed by atoms with Crippen LogP contribution in [0.1, 0.15) is 5.89 Å². The van der Waals surface area contributed by atoms with Crippen LogP contribution in [0.25, 0.3) is 11.4 Å². The zero-order valence-corrected chi connectivity index (χ0v) is 15.1. The van der Waals surface area contributed by atoms with Gasteiger partial charge in [-0.05, 0) is 36.4 Å². The third kappa shape index (κ3) is 4.64. The third-order valence-electron chi connectivity index (χ3n) is 3.26. The molecule has 0 radical (unpaired) electrons. The van der Waals surface area contributed by atoms with Crippen molar-refractivity contribution in [2.45, 2.75) is 17.3 Å². The quantitative estimate of drug-likeness (QED) is 0.504. The van der Waals surface area contributed by atoms with E-state index in [0.717, 1.165) is 4.90 Å². The number of nitrogens with zero attached hydrogens (tertiary/aromatic N) is 2. The molecule has 2 aromatic carbocycles. The standard InChI is InChI=1S/C17H13ClF2N2O3S/c1-23-14-7-10(5-6-13(14)24-17(19)20)16-21-15(25-22-16)9-26-12-4-2-3-11(18)8-12/h2-8,17H,9H2,1H3. The van der Waals surface area contributed by atoms with Gasteiger partial charge in [-0.15, -0.1) is 11.8 Å². The summed E-state index contributed by atoms with van der Waals surface area (Å²) in [5.74, 6) is 1.32. The predicted molar refractivity (Wildman–Crippen MR) is 93.9 cm³/mol. The maximum atomic E-state index is 12.4. The molecule has 0 saturated heterocycles. The Morgan fingerprint density at radius 1 is 1.19 bits per heavy atom. The van der Waals surface area contributed by atoms with Crippen molar-refractivity contribution >= 4 is 23.4 Å². The Bertz CT molecular complexity index is 892. The second-order valence-corrected chi connectivity index (χ2v) is 6.49. The van der Waals surface area contributed by atoms with Gasteiger partial charge in [0.05, 0.1) is 12.9 Å². The number of rotatable bonds is 7. The molecule has 0 bridgehead atoms. The van der Waals surface area contributed by atoms with Crippen molar-refractivity contribution in [2.75, 3.05) is 7.11 Å². The first kappa shape index (κ1) is 18.5. The lowest BCUT2D eigenvalue weighted by Crippen LogP contribution is -2.03. The number of thioether (sulfide) groups is 1. The highest BCUT2D eigenvalue weighted by Crippen LogP contribution is 2.33. The fourth-order valence-electron chi connectivity index (χ4n) is 2.13. The molecule has 0 saturated carbocycles. The minimum Gasteiger partial charge on any atom is -0.493 e. The lowest BCUT2D eigenvalue weighted by molar-refractivity contribution is -0.0512. The van der Waals surface area contributed by atoms with E-state index in [1.54, 1.807) is 12.1 Å². The SMILES string of the molecule is COc1cc(-c2noc(CSc3cccc(Cl)c3)n2)ccc1OC(F)F. The molecule has 3 aromatic rings. The molecule has 0 spiro atoms. The van der Waals surface area contributed by atoms with Crippen molar-refractivity contribution < 1.29 is 22.8 Å². The van der Waals surface area contributed by atoms with E-state index in [1.807, 2.05) is 18.2 Å². The number of methoxy groups -OCH3 is 1. The molecule has 0 aliphatic rings. The van der Waals surface area contributed by atoms with Crippen LogP contribution in [0.5, 0.6) is 11.5 Å². The monoisotopic (exact) mass is 398 g/mol. The average molecular weight is 399 g/mol. The van der Waals surface area contributed by atoms with Gasteiger partial charge in [0.2, 0.25) is 11.7 Å². The molecule has 0 amide bonds. The van der Waals surface area contributed by atoms with Gasteiger partial charge < -0.3 is 14.0 Å². The van der Waals surface area contributed by atoms with Crippen molar-refractivity contribution in [3.63, 3.8) is 0 Å². The highest BCUT2D eigenvalue weighted by molar-refractivity contribution is 7.98. The molecule has 0 fully saturated rings. The Balaban J connectivity index is 1.72. The van der Waals surface area contributed by atoms with Crippen LogP contribution >= 0.6 is 23.4 Å². The minimum absolute atomic E-state index is 0.0634. The Hall–Kier alpha value is -2.32. The molecule has 26 heavy (non-hydrogen) atoms. The Kier molecular flexibility index (Phi) is 5.95. The maximum Gasteiger partial charge on any atom is 0.387 e. The number of hydrogen-bond acceptors (Lipinski definition) is 6. The number of benzene rings is 2. The first-order valence-corrected chi connectivity index (χ1v) is 8.75. The molecule has 1 aromatic heterocycles. The van der Waals surface area contributed by atoms with E-state index >= 15 is 0 Å². The van der Waals surface area contributed by atoms with Gasteiger partial charge in [-0.1, -0.05) is 22.8 Å². The molecule has 1 heterocycles. The fraction of sp³-hybridized carbons (Fsp3) is 0.176. The van der Waals surface area contributed by atoms with Crippen LogP contribution in [-0.4, -0.2) is 23.9 Å². The van der Waals surface area contributed by atoms with E-state index in [2.05, 4.69) is 14.9 Å². The van der Waals surface area contributed by atoms with Crippen molar-refractivity contribution in [3.8, 4) is 22.9 Å². The molecule has 3 rings (SSSR count). The van der Waals surface area contributed by atoms with E-state index in [1.165, 1.54) is 31.0 Å². The molecule has 136 valence electrons. The molecule has 5 nitrogen and oxygen atoms in total. The number of aromatic nitrogens is 2. The molecule has 0 unspecified atom stereocenters. The molecule has 0 N–H and O–H groups in total. The van der Waals surface area contributed by atoms with Crippen LogP contribution in [0.15, 0.2) is 51.9 Å². The first-order chi connectivity index (χ1) is 12.5.